The molecule has 3 nitrogen and oxygen atoms in total. The van der Waals surface area contributed by atoms with E-state index >= 15 is 0 Å². The molecule has 1 N–H and O–H groups in total. The molecule has 0 aromatic heterocycles. The van der Waals surface area contributed by atoms with Crippen LogP contribution in [0.25, 0.3) is 0 Å². The van der Waals surface area contributed by atoms with Gasteiger partial charge < -0.3 is 5.11 Å². The fourth-order valence-corrected chi connectivity index (χ4v) is 0.657. The zero-order valence-electron chi connectivity index (χ0n) is 4.94. The van der Waals surface area contributed by atoms with Gasteiger partial charge in [0.15, 0.2) is 5.50 Å². The third-order valence-corrected chi connectivity index (χ3v) is 1.24. The van der Waals surface area contributed by atoms with Gasteiger partial charge in [0, 0.05) is 11.8 Å². The van der Waals surface area contributed by atoms with Crippen LogP contribution in [-0.2, 0) is 0 Å². The molecule has 1 atom stereocenters. The molecule has 0 fully saturated rings. The second-order valence-electron chi connectivity index (χ2n) is 1.76. The Bertz CT molecular complexity index is 176. The standard InChI is InChI=1S/C5H7N2OS/c1-3-2-6-5(9)7-4(3)8/h2,5,9H,1H3,(H,7,8). The molecule has 1 radical (unpaired) electrons. The molecule has 4 heteroatoms. The second kappa shape index (κ2) is 2.31. The van der Waals surface area contributed by atoms with Gasteiger partial charge >= 0.3 is 0 Å². The predicted octanol–water partition coefficient (Wildman–Crippen LogP) is 0.678. The molecular weight excluding hydrogens is 136 g/mol. The highest BCUT2D eigenvalue weighted by atomic mass is 32.1. The van der Waals surface area contributed by atoms with Crippen LogP contribution < -0.4 is 5.32 Å². The average Bonchev–Trinajstić information content (AvgIpc) is 1.80. The van der Waals surface area contributed by atoms with Crippen molar-refractivity contribution in [1.82, 2.24) is 5.32 Å². The topological polar surface area (TPSA) is 46.7 Å². The lowest BCUT2D eigenvalue weighted by Gasteiger charge is -2.09. The van der Waals surface area contributed by atoms with E-state index in [1.54, 1.807) is 13.1 Å². The van der Waals surface area contributed by atoms with Gasteiger partial charge in [0.05, 0.1) is 0 Å². The van der Waals surface area contributed by atoms with E-state index in [-0.39, 0.29) is 5.90 Å². The summed E-state index contributed by atoms with van der Waals surface area (Å²) in [6.45, 7) is 1.74. The molecule has 1 aliphatic rings. The Morgan fingerprint density at radius 1 is 1.78 bits per heavy atom. The van der Waals surface area contributed by atoms with Gasteiger partial charge in [-0.25, -0.2) is 4.99 Å². The Labute approximate surface area is 58.9 Å². The minimum atomic E-state index is -0.423. The third-order valence-electron chi connectivity index (χ3n) is 0.992. The predicted molar refractivity (Wildman–Crippen MR) is 38.7 cm³/mol. The van der Waals surface area contributed by atoms with Crippen molar-refractivity contribution in [2.45, 2.75) is 12.4 Å². The van der Waals surface area contributed by atoms with Crippen LogP contribution >= 0.6 is 12.6 Å². The molecule has 1 aliphatic heterocycles. The average molecular weight is 143 g/mol. The van der Waals surface area contributed by atoms with Gasteiger partial charge in [0.2, 0.25) is 5.90 Å². The molecule has 1 rings (SSSR count). The number of aliphatic imine (C=N–C) groups is 1. The SMILES string of the molecule is CC1=C[N]C(S)N=C1O. The number of nitrogens with zero attached hydrogens (tertiary/aromatic N) is 2. The fraction of sp³-hybridized carbons (Fsp3) is 0.400. The molecule has 1 unspecified atom stereocenters. The van der Waals surface area contributed by atoms with E-state index in [1.165, 1.54) is 0 Å². The van der Waals surface area contributed by atoms with E-state index in [0.717, 1.165) is 0 Å². The van der Waals surface area contributed by atoms with Crippen LogP contribution in [0.5, 0.6) is 0 Å². The summed E-state index contributed by atoms with van der Waals surface area (Å²) in [5.74, 6) is 0.0324. The minimum absolute atomic E-state index is 0.0324. The molecule has 0 aliphatic carbocycles. The summed E-state index contributed by atoms with van der Waals surface area (Å²) in [5.41, 5.74) is 0.258. The minimum Gasteiger partial charge on any atom is -0.493 e. The number of hydrogen-bond donors (Lipinski definition) is 2. The molecule has 9 heavy (non-hydrogen) atoms. The summed E-state index contributed by atoms with van der Waals surface area (Å²) >= 11 is 3.90. The molecule has 0 amide bonds. The van der Waals surface area contributed by atoms with Crippen LogP contribution in [0.15, 0.2) is 16.8 Å². The van der Waals surface area contributed by atoms with E-state index in [0.29, 0.717) is 5.57 Å². The Balaban J connectivity index is 2.75. The van der Waals surface area contributed by atoms with Crippen molar-refractivity contribution in [2.24, 2.45) is 4.99 Å². The number of thiol groups is 1. The number of rotatable bonds is 0. The van der Waals surface area contributed by atoms with Crippen molar-refractivity contribution in [3.05, 3.63) is 11.8 Å². The normalized spacial score (nSPS) is 26.2. The summed E-state index contributed by atoms with van der Waals surface area (Å²) in [6.07, 6.45) is 1.56. The van der Waals surface area contributed by atoms with Crippen LogP contribution in [0.3, 0.4) is 0 Å². The lowest BCUT2D eigenvalue weighted by Crippen LogP contribution is -2.18. The van der Waals surface area contributed by atoms with Gasteiger partial charge in [-0.1, -0.05) is 0 Å². The Morgan fingerprint density at radius 3 is 2.89 bits per heavy atom. The van der Waals surface area contributed by atoms with Crippen molar-refractivity contribution in [2.75, 3.05) is 0 Å². The lowest BCUT2D eigenvalue weighted by molar-refractivity contribution is 0.536. The fourth-order valence-electron chi connectivity index (χ4n) is 0.481. The summed E-state index contributed by atoms with van der Waals surface area (Å²) < 4.78 is 0. The van der Waals surface area contributed by atoms with E-state index < -0.39 is 5.50 Å². The van der Waals surface area contributed by atoms with Crippen LogP contribution in [0.2, 0.25) is 0 Å². The van der Waals surface area contributed by atoms with Crippen molar-refractivity contribution >= 4 is 18.5 Å². The van der Waals surface area contributed by atoms with Crippen LogP contribution in [0.1, 0.15) is 6.92 Å². The van der Waals surface area contributed by atoms with Crippen molar-refractivity contribution in [1.29, 1.82) is 0 Å². The van der Waals surface area contributed by atoms with Crippen molar-refractivity contribution < 1.29 is 5.11 Å². The molecular formula is C5H7N2OS. The van der Waals surface area contributed by atoms with E-state index in [9.17, 15) is 0 Å². The monoisotopic (exact) mass is 143 g/mol. The summed E-state index contributed by atoms with van der Waals surface area (Å²) in [5, 5.41) is 12.7. The van der Waals surface area contributed by atoms with Crippen molar-refractivity contribution in [3.8, 4) is 0 Å². The second-order valence-corrected chi connectivity index (χ2v) is 2.22. The molecule has 0 aromatic carbocycles. The van der Waals surface area contributed by atoms with Gasteiger partial charge in [0.1, 0.15) is 0 Å². The van der Waals surface area contributed by atoms with Crippen LogP contribution in [0, 0.1) is 0 Å². The van der Waals surface area contributed by atoms with Gasteiger partial charge in [-0.15, -0.1) is 12.6 Å². The molecule has 49 valence electrons. The van der Waals surface area contributed by atoms with Gasteiger partial charge in [-0.3, -0.25) is 5.32 Å². The summed E-state index contributed by atoms with van der Waals surface area (Å²) in [6, 6.07) is 0. The van der Waals surface area contributed by atoms with Crippen LogP contribution in [-0.4, -0.2) is 16.5 Å². The van der Waals surface area contributed by atoms with Crippen molar-refractivity contribution in [3.63, 3.8) is 0 Å². The van der Waals surface area contributed by atoms with E-state index in [4.69, 9.17) is 5.11 Å². The zero-order chi connectivity index (χ0) is 6.85. The third kappa shape index (κ3) is 1.38. The first-order valence-corrected chi connectivity index (χ1v) is 3.04. The van der Waals surface area contributed by atoms with Crippen LogP contribution in [0.4, 0.5) is 0 Å². The van der Waals surface area contributed by atoms with E-state index in [1.807, 2.05) is 0 Å². The van der Waals surface area contributed by atoms with E-state index in [2.05, 4.69) is 22.9 Å². The highest BCUT2D eigenvalue weighted by molar-refractivity contribution is 7.80. The molecule has 0 aromatic rings. The zero-order valence-corrected chi connectivity index (χ0v) is 5.84. The van der Waals surface area contributed by atoms with Gasteiger partial charge in [0.25, 0.3) is 0 Å². The molecule has 1 heterocycles. The highest BCUT2D eigenvalue weighted by Gasteiger charge is 2.09. The number of aliphatic hydroxyl groups excluding tert-OH is 1. The molecule has 0 bridgehead atoms. The number of hydrogen-bond acceptors (Lipinski definition) is 2. The number of aliphatic hydroxyl groups is 1. The maximum Gasteiger partial charge on any atom is 0.213 e. The maximum absolute atomic E-state index is 8.92. The first kappa shape index (κ1) is 6.48. The highest BCUT2D eigenvalue weighted by Crippen LogP contribution is 2.05. The smallest absolute Gasteiger partial charge is 0.213 e. The Hall–Kier alpha value is -0.640. The summed E-state index contributed by atoms with van der Waals surface area (Å²) in [7, 11) is 0. The Kier molecular flexibility index (Phi) is 1.66. The molecule has 0 spiro atoms. The quantitative estimate of drug-likeness (QED) is 0.481. The van der Waals surface area contributed by atoms with Gasteiger partial charge in [-0.05, 0) is 6.92 Å². The Morgan fingerprint density at radius 2 is 2.44 bits per heavy atom. The first-order valence-electron chi connectivity index (χ1n) is 2.52. The van der Waals surface area contributed by atoms with Gasteiger partial charge in [-0.2, -0.15) is 0 Å². The largest absolute Gasteiger partial charge is 0.493 e. The molecule has 0 saturated heterocycles. The first-order chi connectivity index (χ1) is 4.20. The maximum atomic E-state index is 8.92. The molecule has 0 saturated carbocycles. The lowest BCUT2D eigenvalue weighted by atomic mass is 10.3. The summed E-state index contributed by atoms with van der Waals surface area (Å²) in [4.78, 5) is 3.67.